The van der Waals surface area contributed by atoms with Crippen LogP contribution in [-0.2, 0) is 5.88 Å². The van der Waals surface area contributed by atoms with Crippen LogP contribution in [0.1, 0.15) is 11.1 Å². The highest BCUT2D eigenvalue weighted by Crippen LogP contribution is 2.24. The van der Waals surface area contributed by atoms with E-state index in [1.54, 1.807) is 12.4 Å². The summed E-state index contributed by atoms with van der Waals surface area (Å²) in [5, 5.41) is 0. The molecule has 0 spiro atoms. The normalized spacial score (nSPS) is 10.3. The molecule has 0 atom stereocenters. The van der Waals surface area contributed by atoms with Gasteiger partial charge in [-0.15, -0.1) is 11.6 Å². The predicted molar refractivity (Wildman–Crippen MR) is 70.5 cm³/mol. The van der Waals surface area contributed by atoms with E-state index in [-0.39, 0.29) is 0 Å². The van der Waals surface area contributed by atoms with Crippen molar-refractivity contribution in [2.24, 2.45) is 0 Å². The summed E-state index contributed by atoms with van der Waals surface area (Å²) in [6, 6.07) is 6.02. The standard InChI is InChI=1S/C12H10BrClN2O/c1-8-4-10(2-3-11(8)13)17-12-15-6-9(5-14)7-16-12/h2-4,6-7H,5H2,1H3. The summed E-state index contributed by atoms with van der Waals surface area (Å²) in [6.07, 6.45) is 3.31. The molecular formula is C12H10BrClN2O. The van der Waals surface area contributed by atoms with E-state index in [0.717, 1.165) is 15.6 Å². The van der Waals surface area contributed by atoms with E-state index in [4.69, 9.17) is 16.3 Å². The van der Waals surface area contributed by atoms with Gasteiger partial charge >= 0.3 is 6.01 Å². The van der Waals surface area contributed by atoms with Crippen LogP contribution in [0.5, 0.6) is 11.8 Å². The molecule has 0 unspecified atom stereocenters. The van der Waals surface area contributed by atoms with Crippen molar-refractivity contribution in [3.63, 3.8) is 0 Å². The van der Waals surface area contributed by atoms with E-state index in [2.05, 4.69) is 25.9 Å². The largest absolute Gasteiger partial charge is 0.424 e. The molecule has 2 rings (SSSR count). The Morgan fingerprint density at radius 3 is 2.59 bits per heavy atom. The zero-order valence-electron chi connectivity index (χ0n) is 9.15. The van der Waals surface area contributed by atoms with Crippen LogP contribution in [0.25, 0.3) is 0 Å². The second kappa shape index (κ2) is 5.47. The molecule has 5 heteroatoms. The number of aryl methyl sites for hydroxylation is 1. The van der Waals surface area contributed by atoms with Gasteiger partial charge in [0.1, 0.15) is 5.75 Å². The minimum Gasteiger partial charge on any atom is -0.424 e. The van der Waals surface area contributed by atoms with E-state index in [0.29, 0.717) is 17.6 Å². The van der Waals surface area contributed by atoms with Crippen molar-refractivity contribution < 1.29 is 4.74 Å². The van der Waals surface area contributed by atoms with E-state index < -0.39 is 0 Å². The lowest BCUT2D eigenvalue weighted by Gasteiger charge is -2.05. The van der Waals surface area contributed by atoms with Gasteiger partial charge in [-0.3, -0.25) is 0 Å². The summed E-state index contributed by atoms with van der Waals surface area (Å²) in [5.41, 5.74) is 1.96. The molecule has 0 radical (unpaired) electrons. The van der Waals surface area contributed by atoms with Crippen LogP contribution < -0.4 is 4.74 Å². The molecule has 88 valence electrons. The molecule has 0 fully saturated rings. The molecule has 0 aliphatic carbocycles. The van der Waals surface area contributed by atoms with E-state index >= 15 is 0 Å². The Hall–Kier alpha value is -1.13. The Morgan fingerprint density at radius 2 is 2.00 bits per heavy atom. The quantitative estimate of drug-likeness (QED) is 0.801. The van der Waals surface area contributed by atoms with Gasteiger partial charge in [-0.25, -0.2) is 9.97 Å². The van der Waals surface area contributed by atoms with Gasteiger partial charge in [0.15, 0.2) is 0 Å². The summed E-state index contributed by atoms with van der Waals surface area (Å²) in [4.78, 5) is 8.13. The second-order valence-corrected chi connectivity index (χ2v) is 4.64. The van der Waals surface area contributed by atoms with Gasteiger partial charge in [0.25, 0.3) is 0 Å². The predicted octanol–water partition coefficient (Wildman–Crippen LogP) is 4.08. The molecule has 1 aromatic heterocycles. The van der Waals surface area contributed by atoms with E-state index in [1.807, 2.05) is 25.1 Å². The highest BCUT2D eigenvalue weighted by Gasteiger charge is 2.02. The monoisotopic (exact) mass is 312 g/mol. The van der Waals surface area contributed by atoms with Crippen LogP contribution in [0.3, 0.4) is 0 Å². The van der Waals surface area contributed by atoms with Crippen molar-refractivity contribution in [2.75, 3.05) is 0 Å². The number of alkyl halides is 1. The fourth-order valence-electron chi connectivity index (χ4n) is 1.25. The third kappa shape index (κ3) is 3.17. The number of aromatic nitrogens is 2. The van der Waals surface area contributed by atoms with Gasteiger partial charge < -0.3 is 4.74 Å². The highest BCUT2D eigenvalue weighted by atomic mass is 79.9. The van der Waals surface area contributed by atoms with Crippen LogP contribution in [0.15, 0.2) is 35.1 Å². The number of benzene rings is 1. The Balaban J connectivity index is 2.16. The third-order valence-corrected chi connectivity index (χ3v) is 3.37. The lowest BCUT2D eigenvalue weighted by Crippen LogP contribution is -1.93. The van der Waals surface area contributed by atoms with Crippen LogP contribution in [0, 0.1) is 6.92 Å². The lowest BCUT2D eigenvalue weighted by atomic mass is 10.2. The molecule has 0 aliphatic rings. The molecule has 0 N–H and O–H groups in total. The molecule has 0 aliphatic heterocycles. The first-order valence-corrected chi connectivity index (χ1v) is 6.32. The number of rotatable bonds is 3. The minimum atomic E-state index is 0.320. The Labute approximate surface area is 113 Å². The van der Waals surface area contributed by atoms with Gasteiger partial charge in [0.2, 0.25) is 0 Å². The molecule has 0 amide bonds. The SMILES string of the molecule is Cc1cc(Oc2ncc(CCl)cn2)ccc1Br. The summed E-state index contributed by atoms with van der Waals surface area (Å²) in [5.74, 6) is 1.11. The molecule has 0 saturated carbocycles. The van der Waals surface area contributed by atoms with Gasteiger partial charge in [0.05, 0.1) is 5.88 Å². The topological polar surface area (TPSA) is 35.0 Å². The van der Waals surface area contributed by atoms with Gasteiger partial charge in [0, 0.05) is 22.4 Å². The van der Waals surface area contributed by atoms with Crippen molar-refractivity contribution in [1.82, 2.24) is 9.97 Å². The fourth-order valence-corrected chi connectivity index (χ4v) is 1.64. The first-order valence-electron chi connectivity index (χ1n) is 5.00. The Morgan fingerprint density at radius 1 is 1.29 bits per heavy atom. The van der Waals surface area contributed by atoms with Crippen LogP contribution in [0.2, 0.25) is 0 Å². The average molecular weight is 314 g/mol. The number of nitrogens with zero attached hydrogens (tertiary/aromatic N) is 2. The van der Waals surface area contributed by atoms with E-state index in [1.165, 1.54) is 0 Å². The lowest BCUT2D eigenvalue weighted by molar-refractivity contribution is 0.441. The molecule has 2 aromatic rings. The first kappa shape index (κ1) is 12.3. The Bertz CT molecular complexity index is 516. The third-order valence-electron chi connectivity index (χ3n) is 2.17. The smallest absolute Gasteiger partial charge is 0.321 e. The van der Waals surface area contributed by atoms with Crippen molar-refractivity contribution in [3.05, 3.63) is 46.2 Å². The fraction of sp³-hybridized carbons (Fsp3) is 0.167. The summed E-state index contributed by atoms with van der Waals surface area (Å²) < 4.78 is 6.57. The van der Waals surface area contributed by atoms with Crippen molar-refractivity contribution in [1.29, 1.82) is 0 Å². The van der Waals surface area contributed by atoms with Crippen molar-refractivity contribution in [3.8, 4) is 11.8 Å². The average Bonchev–Trinajstić information content (AvgIpc) is 2.35. The van der Waals surface area contributed by atoms with Crippen LogP contribution >= 0.6 is 27.5 Å². The second-order valence-electron chi connectivity index (χ2n) is 3.52. The maximum atomic E-state index is 5.65. The van der Waals surface area contributed by atoms with Crippen LogP contribution in [0.4, 0.5) is 0 Å². The Kier molecular flexibility index (Phi) is 3.97. The molecule has 0 saturated heterocycles. The van der Waals surface area contributed by atoms with Gasteiger partial charge in [-0.05, 0) is 30.7 Å². The first-order chi connectivity index (χ1) is 8.19. The number of halogens is 2. The van der Waals surface area contributed by atoms with Crippen LogP contribution in [-0.4, -0.2) is 9.97 Å². The molecule has 1 heterocycles. The summed E-state index contributed by atoms with van der Waals surface area (Å²) >= 11 is 9.08. The minimum absolute atomic E-state index is 0.320. The maximum Gasteiger partial charge on any atom is 0.321 e. The van der Waals surface area contributed by atoms with Crippen molar-refractivity contribution >= 4 is 27.5 Å². The summed E-state index contributed by atoms with van der Waals surface area (Å²) in [7, 11) is 0. The molecule has 3 nitrogen and oxygen atoms in total. The molecular weight excluding hydrogens is 304 g/mol. The summed E-state index contributed by atoms with van der Waals surface area (Å²) in [6.45, 7) is 1.99. The molecule has 1 aromatic carbocycles. The zero-order valence-corrected chi connectivity index (χ0v) is 11.5. The molecule has 0 bridgehead atoms. The van der Waals surface area contributed by atoms with E-state index in [9.17, 15) is 0 Å². The molecule has 17 heavy (non-hydrogen) atoms. The van der Waals surface area contributed by atoms with Gasteiger partial charge in [-0.1, -0.05) is 15.9 Å². The van der Waals surface area contributed by atoms with Gasteiger partial charge in [-0.2, -0.15) is 0 Å². The zero-order chi connectivity index (χ0) is 12.3. The highest BCUT2D eigenvalue weighted by molar-refractivity contribution is 9.10. The van der Waals surface area contributed by atoms with Crippen molar-refractivity contribution in [2.45, 2.75) is 12.8 Å². The number of hydrogen-bond donors (Lipinski definition) is 0. The maximum absolute atomic E-state index is 5.65. The number of ether oxygens (including phenoxy) is 1. The number of hydrogen-bond acceptors (Lipinski definition) is 3.